The number of likely N-dealkylation sites (tertiary alicyclic amines) is 2. The van der Waals surface area contributed by atoms with E-state index in [0.717, 1.165) is 31.4 Å². The van der Waals surface area contributed by atoms with Crippen LogP contribution in [0.25, 0.3) is 0 Å². The lowest BCUT2D eigenvalue weighted by atomic mass is 9.81. The van der Waals surface area contributed by atoms with Crippen molar-refractivity contribution < 1.29 is 38.3 Å². The monoisotopic (exact) mass is 1010 g/mol. The Morgan fingerprint density at radius 2 is 1.42 bits per heavy atom. The molecule has 3 rings (SSSR count). The minimum atomic E-state index is -0.848. The number of carbonyl (C=O) groups excluding carboxylic acids is 7. The Morgan fingerprint density at radius 1 is 0.806 bits per heavy atom. The molecular weight excluding hydrogens is 913 g/mol. The van der Waals surface area contributed by atoms with E-state index in [1.54, 1.807) is 19.1 Å². The highest BCUT2D eigenvalue weighted by Gasteiger charge is 2.42. The van der Waals surface area contributed by atoms with E-state index in [4.69, 9.17) is 4.74 Å². The van der Waals surface area contributed by atoms with Gasteiger partial charge in [-0.15, -0.1) is 0 Å². The van der Waals surface area contributed by atoms with Gasteiger partial charge in [-0.1, -0.05) is 118 Å². The van der Waals surface area contributed by atoms with Crippen LogP contribution in [0, 0.1) is 29.6 Å². The average molecular weight is 1010 g/mol. The summed E-state index contributed by atoms with van der Waals surface area (Å²) in [5.74, 6) is -1.28. The molecule has 2 fully saturated rings. The molecule has 2 heterocycles. The standard InChI is InChI=1S/C56H94N8O8/c1-15-38(7)54(46(72-14)35-51(69)63-34-23-27-45(63)44(16-2)40(9)42(11)57-41(10)39(8)43-25-19-17-20-26-43)62(13)56(71)52(36(3)4)58-55(70)53(37(5)6)61(12)32-24-29-48(66)60-59-47(65)28-21-18-22-33-64-49(67)30-31-50(64)68/h17,19-20,25-26,36-41,44-46,52-54,57H,11,15-16,18,21-24,27-35H2,1-10,12-14H3,(H,58,70)(H,59,65)(H,60,66)/t38?,39?,40?,41?,44?,45-,46?,52-,53?,54?/m0/s1. The van der Waals surface area contributed by atoms with Crippen LogP contribution in [-0.2, 0) is 38.3 Å². The Hall–Kier alpha value is -4.83. The summed E-state index contributed by atoms with van der Waals surface area (Å²) in [4.78, 5) is 98.8. The quantitative estimate of drug-likeness (QED) is 0.0344. The first-order valence-corrected chi connectivity index (χ1v) is 27.1. The highest BCUT2D eigenvalue weighted by molar-refractivity contribution is 6.01. The number of methoxy groups -OCH3 is 1. The Bertz CT molecular complexity index is 1910. The summed E-state index contributed by atoms with van der Waals surface area (Å²) in [6.07, 6.45) is 6.10. The van der Waals surface area contributed by atoms with E-state index in [1.165, 1.54) is 10.5 Å². The number of hydrogen-bond donors (Lipinski definition) is 4. The molecule has 0 spiro atoms. The molecule has 8 unspecified atom stereocenters. The number of carbonyl (C=O) groups is 7. The molecule has 10 atom stereocenters. The van der Waals surface area contributed by atoms with Gasteiger partial charge in [0.2, 0.25) is 41.4 Å². The number of unbranched alkanes of at least 4 members (excludes halogenated alkanes) is 2. The molecule has 7 amide bonds. The first kappa shape index (κ1) is 61.5. The molecule has 4 N–H and O–H groups in total. The van der Waals surface area contributed by atoms with Crippen molar-refractivity contribution in [1.29, 1.82) is 0 Å². The van der Waals surface area contributed by atoms with Crippen LogP contribution in [0.3, 0.4) is 0 Å². The van der Waals surface area contributed by atoms with E-state index < -0.39 is 24.2 Å². The number of rotatable bonds is 31. The normalized spacial score (nSPS) is 18.8. The molecule has 1 aromatic carbocycles. The van der Waals surface area contributed by atoms with Gasteiger partial charge in [-0.25, -0.2) is 0 Å². The van der Waals surface area contributed by atoms with E-state index in [0.29, 0.717) is 51.2 Å². The van der Waals surface area contributed by atoms with Crippen molar-refractivity contribution in [2.24, 2.45) is 29.6 Å². The highest BCUT2D eigenvalue weighted by atomic mass is 16.5. The van der Waals surface area contributed by atoms with Gasteiger partial charge in [0.1, 0.15) is 6.04 Å². The number of hydrogen-bond acceptors (Lipinski definition) is 10. The topological polar surface area (TPSA) is 190 Å². The van der Waals surface area contributed by atoms with Crippen molar-refractivity contribution in [2.75, 3.05) is 40.8 Å². The number of nitrogens with one attached hydrogen (secondary N) is 4. The first-order chi connectivity index (χ1) is 34.1. The summed E-state index contributed by atoms with van der Waals surface area (Å²) >= 11 is 0. The second-order valence-electron chi connectivity index (χ2n) is 21.5. The summed E-state index contributed by atoms with van der Waals surface area (Å²) in [5.41, 5.74) is 7.18. The summed E-state index contributed by atoms with van der Waals surface area (Å²) < 4.78 is 6.17. The van der Waals surface area contributed by atoms with Gasteiger partial charge in [0.05, 0.1) is 24.6 Å². The van der Waals surface area contributed by atoms with Crippen molar-refractivity contribution in [1.82, 2.24) is 41.1 Å². The first-order valence-electron chi connectivity index (χ1n) is 27.1. The van der Waals surface area contributed by atoms with Gasteiger partial charge in [0.25, 0.3) is 0 Å². The summed E-state index contributed by atoms with van der Waals surface area (Å²) in [6, 6.07) is 8.83. The fraction of sp³-hybridized carbons (Fsp3) is 0.732. The zero-order valence-electron chi connectivity index (χ0n) is 46.4. The Morgan fingerprint density at radius 3 is 1.97 bits per heavy atom. The van der Waals surface area contributed by atoms with Crippen LogP contribution in [0.1, 0.15) is 164 Å². The fourth-order valence-corrected chi connectivity index (χ4v) is 10.9. The molecule has 0 radical (unpaired) electrons. The lowest BCUT2D eigenvalue weighted by molar-refractivity contribution is -0.146. The van der Waals surface area contributed by atoms with E-state index in [2.05, 4.69) is 98.8 Å². The van der Waals surface area contributed by atoms with Crippen molar-refractivity contribution in [2.45, 2.75) is 195 Å². The van der Waals surface area contributed by atoms with E-state index in [1.807, 2.05) is 45.7 Å². The Kier molecular flexibility index (Phi) is 25.9. The number of imide groups is 1. The van der Waals surface area contributed by atoms with Gasteiger partial charge in [0, 0.05) is 76.6 Å². The van der Waals surface area contributed by atoms with Gasteiger partial charge >= 0.3 is 0 Å². The van der Waals surface area contributed by atoms with Crippen LogP contribution in [-0.4, -0.2) is 138 Å². The predicted molar refractivity (Wildman–Crippen MR) is 284 cm³/mol. The zero-order chi connectivity index (χ0) is 53.8. The molecule has 0 saturated carbocycles. The maximum Gasteiger partial charge on any atom is 0.245 e. The van der Waals surface area contributed by atoms with Gasteiger partial charge < -0.3 is 25.2 Å². The minimum absolute atomic E-state index is 0.0174. The van der Waals surface area contributed by atoms with Crippen LogP contribution in [0.5, 0.6) is 0 Å². The van der Waals surface area contributed by atoms with Gasteiger partial charge in [-0.3, -0.25) is 54.2 Å². The van der Waals surface area contributed by atoms with Gasteiger partial charge in [-0.2, -0.15) is 0 Å². The largest absolute Gasteiger partial charge is 0.386 e. The molecule has 0 bridgehead atoms. The molecular formula is C56H94N8O8. The van der Waals surface area contributed by atoms with Gasteiger partial charge in [0.15, 0.2) is 0 Å². The number of allylic oxidation sites excluding steroid dienone is 1. The number of benzene rings is 1. The smallest absolute Gasteiger partial charge is 0.245 e. The van der Waals surface area contributed by atoms with Crippen molar-refractivity contribution in [3.05, 3.63) is 48.2 Å². The van der Waals surface area contributed by atoms with E-state index >= 15 is 0 Å². The Balaban J connectivity index is 1.59. The maximum absolute atomic E-state index is 14.7. The molecule has 1 aromatic rings. The SMILES string of the molecule is C=C(NC(C)C(C)c1ccccc1)C(C)C(CC)[C@@H]1CCCN1C(=O)CC(OC)C(C(C)CC)N(C)C(=O)[C@@H](NC(=O)C(C(C)C)N(C)CCCC(=O)NNC(=O)CCCCCN1C(=O)CCC1=O)C(C)C. The number of ether oxygens (including phenoxy) is 1. The van der Waals surface area contributed by atoms with E-state index in [9.17, 15) is 33.6 Å². The number of amides is 7. The summed E-state index contributed by atoms with van der Waals surface area (Å²) in [7, 11) is 5.19. The third kappa shape index (κ3) is 17.7. The minimum Gasteiger partial charge on any atom is -0.386 e. The molecule has 406 valence electrons. The molecule has 16 heteroatoms. The maximum atomic E-state index is 14.7. The van der Waals surface area contributed by atoms with E-state index in [-0.39, 0.29) is 115 Å². The van der Waals surface area contributed by atoms with Crippen LogP contribution >= 0.6 is 0 Å². The Labute approximate surface area is 432 Å². The predicted octanol–water partition coefficient (Wildman–Crippen LogP) is 6.95. The number of likely N-dealkylation sites (N-methyl/N-ethyl adjacent to an activating group) is 2. The van der Waals surface area contributed by atoms with Crippen LogP contribution in [0.2, 0.25) is 0 Å². The highest BCUT2D eigenvalue weighted by Crippen LogP contribution is 2.35. The second kappa shape index (κ2) is 30.4. The summed E-state index contributed by atoms with van der Waals surface area (Å²) in [5, 5.41) is 6.82. The van der Waals surface area contributed by atoms with Crippen molar-refractivity contribution in [3.63, 3.8) is 0 Å². The lowest BCUT2D eigenvalue weighted by Crippen LogP contribution is -2.60. The van der Waals surface area contributed by atoms with Crippen LogP contribution in [0.4, 0.5) is 0 Å². The van der Waals surface area contributed by atoms with Crippen molar-refractivity contribution in [3.8, 4) is 0 Å². The molecule has 0 aliphatic carbocycles. The van der Waals surface area contributed by atoms with Crippen molar-refractivity contribution >= 4 is 41.4 Å². The molecule has 72 heavy (non-hydrogen) atoms. The average Bonchev–Trinajstić information content (AvgIpc) is 3.96. The van der Waals surface area contributed by atoms with Crippen LogP contribution < -0.4 is 21.5 Å². The molecule has 2 aliphatic heterocycles. The van der Waals surface area contributed by atoms with Gasteiger partial charge in [-0.05, 0) is 87.8 Å². The molecule has 2 aliphatic rings. The zero-order valence-corrected chi connectivity index (χ0v) is 46.4. The third-order valence-corrected chi connectivity index (χ3v) is 15.6. The molecule has 16 nitrogen and oxygen atoms in total. The second-order valence-corrected chi connectivity index (χ2v) is 21.5. The number of hydrazine groups is 1. The van der Waals surface area contributed by atoms with Crippen LogP contribution in [0.15, 0.2) is 42.6 Å². The summed E-state index contributed by atoms with van der Waals surface area (Å²) in [6.45, 7) is 26.7. The lowest BCUT2D eigenvalue weighted by Gasteiger charge is -2.41. The molecule has 0 aromatic heterocycles. The third-order valence-electron chi connectivity index (χ3n) is 15.6. The molecule has 2 saturated heterocycles. The number of nitrogens with zero attached hydrogens (tertiary/aromatic N) is 4. The fourth-order valence-electron chi connectivity index (χ4n) is 10.9.